The Labute approximate surface area is 129 Å². The Morgan fingerprint density at radius 1 is 1.30 bits per heavy atom. The van der Waals surface area contributed by atoms with Crippen molar-refractivity contribution in [3.8, 4) is 5.75 Å². The van der Waals surface area contributed by atoms with Crippen LogP contribution >= 0.6 is 15.9 Å². The zero-order chi connectivity index (χ0) is 14.9. The van der Waals surface area contributed by atoms with Crippen LogP contribution in [0.15, 0.2) is 16.6 Å². The number of rotatable bonds is 5. The molecule has 0 saturated carbocycles. The summed E-state index contributed by atoms with van der Waals surface area (Å²) in [7, 11) is -3.02. The van der Waals surface area contributed by atoms with E-state index >= 15 is 0 Å². The lowest BCUT2D eigenvalue weighted by atomic mass is 10.1. The first-order valence-electron chi connectivity index (χ1n) is 6.71. The molecule has 1 fully saturated rings. The smallest absolute Gasteiger partial charge is 0.213 e. The topological polar surface area (TPSA) is 46.6 Å². The summed E-state index contributed by atoms with van der Waals surface area (Å²) < 4.78 is 31.6. The van der Waals surface area contributed by atoms with E-state index in [1.807, 2.05) is 26.0 Å². The third-order valence-electron chi connectivity index (χ3n) is 3.58. The number of hydrogen-bond donors (Lipinski definition) is 0. The van der Waals surface area contributed by atoms with E-state index in [0.717, 1.165) is 21.3 Å². The summed E-state index contributed by atoms with van der Waals surface area (Å²) >= 11 is 3.53. The standard InChI is InChI=1S/C14H20BrNO3S/c1-4-20(17,18)16-7-12(8-16)9-19-13-5-10(2)14(15)11(3)6-13/h5-6,12H,4,7-9H2,1-3H3. The highest BCUT2D eigenvalue weighted by molar-refractivity contribution is 9.10. The van der Waals surface area contributed by atoms with Crippen molar-refractivity contribution in [3.63, 3.8) is 0 Å². The minimum atomic E-state index is -3.02. The monoisotopic (exact) mass is 361 g/mol. The van der Waals surface area contributed by atoms with Crippen LogP contribution in [0.5, 0.6) is 5.75 Å². The van der Waals surface area contributed by atoms with Gasteiger partial charge in [0.25, 0.3) is 0 Å². The SMILES string of the molecule is CCS(=O)(=O)N1CC(COc2cc(C)c(Br)c(C)c2)C1. The van der Waals surface area contributed by atoms with Gasteiger partial charge in [-0.1, -0.05) is 15.9 Å². The molecule has 0 atom stereocenters. The first kappa shape index (κ1) is 15.8. The van der Waals surface area contributed by atoms with Crippen LogP contribution in [0.1, 0.15) is 18.1 Å². The molecule has 0 aliphatic carbocycles. The summed E-state index contributed by atoms with van der Waals surface area (Å²) in [6, 6.07) is 3.99. The van der Waals surface area contributed by atoms with Crippen molar-refractivity contribution in [2.75, 3.05) is 25.4 Å². The highest BCUT2D eigenvalue weighted by atomic mass is 79.9. The molecule has 0 unspecified atom stereocenters. The number of benzene rings is 1. The molecule has 0 spiro atoms. The zero-order valence-electron chi connectivity index (χ0n) is 12.0. The van der Waals surface area contributed by atoms with Gasteiger partial charge >= 0.3 is 0 Å². The zero-order valence-corrected chi connectivity index (χ0v) is 14.4. The Morgan fingerprint density at radius 2 is 1.85 bits per heavy atom. The van der Waals surface area contributed by atoms with E-state index in [2.05, 4.69) is 15.9 Å². The van der Waals surface area contributed by atoms with Crippen molar-refractivity contribution in [3.05, 3.63) is 27.7 Å². The second-order valence-corrected chi connectivity index (χ2v) is 8.32. The molecule has 1 heterocycles. The predicted octanol–water partition coefficient (Wildman–Crippen LogP) is 2.73. The number of nitrogens with zero attached hydrogens (tertiary/aromatic N) is 1. The molecule has 112 valence electrons. The molecule has 0 bridgehead atoms. The second kappa shape index (κ2) is 6.03. The van der Waals surface area contributed by atoms with Crippen LogP contribution in [0.4, 0.5) is 0 Å². The summed E-state index contributed by atoms with van der Waals surface area (Å²) in [6.07, 6.45) is 0. The van der Waals surface area contributed by atoms with Crippen LogP contribution in [0.3, 0.4) is 0 Å². The van der Waals surface area contributed by atoms with Gasteiger partial charge in [-0.15, -0.1) is 0 Å². The summed E-state index contributed by atoms with van der Waals surface area (Å²) in [4.78, 5) is 0. The molecule has 2 rings (SSSR count). The van der Waals surface area contributed by atoms with Gasteiger partial charge < -0.3 is 4.74 Å². The Morgan fingerprint density at radius 3 is 2.35 bits per heavy atom. The number of sulfonamides is 1. The average molecular weight is 362 g/mol. The van der Waals surface area contributed by atoms with Crippen LogP contribution in [-0.4, -0.2) is 38.2 Å². The lowest BCUT2D eigenvalue weighted by Gasteiger charge is -2.37. The fourth-order valence-corrected chi connectivity index (χ4v) is 3.71. The fourth-order valence-electron chi connectivity index (χ4n) is 2.24. The Bertz CT molecular complexity index is 571. The molecular weight excluding hydrogens is 342 g/mol. The molecule has 0 amide bonds. The van der Waals surface area contributed by atoms with Gasteiger partial charge in [-0.05, 0) is 44.0 Å². The predicted molar refractivity (Wildman–Crippen MR) is 83.6 cm³/mol. The van der Waals surface area contributed by atoms with Gasteiger partial charge in [0.15, 0.2) is 0 Å². The van der Waals surface area contributed by atoms with Gasteiger partial charge in [-0.3, -0.25) is 0 Å². The quantitative estimate of drug-likeness (QED) is 0.809. The van der Waals surface area contributed by atoms with Crippen molar-refractivity contribution >= 4 is 26.0 Å². The van der Waals surface area contributed by atoms with Gasteiger partial charge in [-0.25, -0.2) is 12.7 Å². The van der Waals surface area contributed by atoms with E-state index in [0.29, 0.717) is 25.6 Å². The Hall–Kier alpha value is -0.590. The molecule has 1 saturated heterocycles. The largest absolute Gasteiger partial charge is 0.493 e. The van der Waals surface area contributed by atoms with Gasteiger partial charge in [0.1, 0.15) is 5.75 Å². The maximum atomic E-state index is 11.6. The van der Waals surface area contributed by atoms with E-state index in [-0.39, 0.29) is 5.75 Å². The Kier molecular flexibility index (Phi) is 4.76. The number of halogens is 1. The first-order chi connectivity index (χ1) is 9.33. The van der Waals surface area contributed by atoms with Gasteiger partial charge in [-0.2, -0.15) is 0 Å². The van der Waals surface area contributed by atoms with E-state index in [1.165, 1.54) is 4.31 Å². The minimum Gasteiger partial charge on any atom is -0.493 e. The van der Waals surface area contributed by atoms with E-state index in [4.69, 9.17) is 4.74 Å². The number of aryl methyl sites for hydroxylation is 2. The highest BCUT2D eigenvalue weighted by Crippen LogP contribution is 2.27. The summed E-state index contributed by atoms with van der Waals surface area (Å²) in [5, 5.41) is 0. The van der Waals surface area contributed by atoms with Crippen LogP contribution in [0, 0.1) is 19.8 Å². The molecular formula is C14H20BrNO3S. The minimum absolute atomic E-state index is 0.172. The van der Waals surface area contributed by atoms with Gasteiger partial charge in [0.2, 0.25) is 10.0 Å². The van der Waals surface area contributed by atoms with E-state index in [1.54, 1.807) is 6.92 Å². The fraction of sp³-hybridized carbons (Fsp3) is 0.571. The van der Waals surface area contributed by atoms with Crippen molar-refractivity contribution < 1.29 is 13.2 Å². The summed E-state index contributed by atoms with van der Waals surface area (Å²) in [5.74, 6) is 1.31. The van der Waals surface area contributed by atoms with Crippen molar-refractivity contribution in [2.24, 2.45) is 5.92 Å². The van der Waals surface area contributed by atoms with Gasteiger partial charge in [0, 0.05) is 23.5 Å². The molecule has 1 aliphatic heterocycles. The lowest BCUT2D eigenvalue weighted by Crippen LogP contribution is -2.52. The molecule has 6 heteroatoms. The maximum Gasteiger partial charge on any atom is 0.213 e. The summed E-state index contributed by atoms with van der Waals surface area (Å²) in [5.41, 5.74) is 2.28. The number of hydrogen-bond acceptors (Lipinski definition) is 3. The second-order valence-electron chi connectivity index (χ2n) is 5.27. The van der Waals surface area contributed by atoms with Gasteiger partial charge in [0.05, 0.1) is 12.4 Å². The Balaban J connectivity index is 1.87. The van der Waals surface area contributed by atoms with Crippen LogP contribution in [0.25, 0.3) is 0 Å². The van der Waals surface area contributed by atoms with Crippen molar-refractivity contribution in [1.82, 2.24) is 4.31 Å². The van der Waals surface area contributed by atoms with Crippen molar-refractivity contribution in [1.29, 1.82) is 0 Å². The molecule has 1 aliphatic rings. The number of ether oxygens (including phenoxy) is 1. The highest BCUT2D eigenvalue weighted by Gasteiger charge is 2.34. The molecule has 0 aromatic heterocycles. The first-order valence-corrected chi connectivity index (χ1v) is 9.11. The average Bonchev–Trinajstić information content (AvgIpc) is 2.33. The van der Waals surface area contributed by atoms with Crippen molar-refractivity contribution in [2.45, 2.75) is 20.8 Å². The molecule has 1 aromatic carbocycles. The summed E-state index contributed by atoms with van der Waals surface area (Å²) in [6.45, 7) is 7.45. The molecule has 0 radical (unpaired) electrons. The normalized spacial score (nSPS) is 17.0. The lowest BCUT2D eigenvalue weighted by molar-refractivity contribution is 0.130. The molecule has 1 aromatic rings. The van der Waals surface area contributed by atoms with Crippen LogP contribution < -0.4 is 4.74 Å². The third-order valence-corrected chi connectivity index (χ3v) is 6.64. The molecule has 20 heavy (non-hydrogen) atoms. The third kappa shape index (κ3) is 3.35. The van der Waals surface area contributed by atoms with Crippen LogP contribution in [-0.2, 0) is 10.0 Å². The van der Waals surface area contributed by atoms with Crippen LogP contribution in [0.2, 0.25) is 0 Å². The van der Waals surface area contributed by atoms with E-state index < -0.39 is 10.0 Å². The molecule has 4 nitrogen and oxygen atoms in total. The molecule has 0 N–H and O–H groups in total. The maximum absolute atomic E-state index is 11.6. The van der Waals surface area contributed by atoms with E-state index in [9.17, 15) is 8.42 Å².